The van der Waals surface area contributed by atoms with E-state index in [1.807, 2.05) is 27.7 Å². The summed E-state index contributed by atoms with van der Waals surface area (Å²) in [6, 6.07) is 0. The highest BCUT2D eigenvalue weighted by molar-refractivity contribution is 4.86. The van der Waals surface area contributed by atoms with Gasteiger partial charge >= 0.3 is 0 Å². The molecule has 1 fully saturated rings. The third-order valence-corrected chi connectivity index (χ3v) is 2.81. The molecule has 0 radical (unpaired) electrons. The summed E-state index contributed by atoms with van der Waals surface area (Å²) in [5, 5.41) is 0. The zero-order chi connectivity index (χ0) is 13.4. The fraction of sp³-hybridized carbons (Fsp3) is 1.00. The van der Waals surface area contributed by atoms with Crippen molar-refractivity contribution in [3.05, 3.63) is 0 Å². The smallest absolute Gasteiger partial charge is 0.186 e. The zero-order valence-corrected chi connectivity index (χ0v) is 11.9. The monoisotopic (exact) mass is 262 g/mol. The van der Waals surface area contributed by atoms with E-state index in [9.17, 15) is 0 Å². The predicted octanol–water partition coefficient (Wildman–Crippen LogP) is 1.59. The van der Waals surface area contributed by atoms with E-state index in [4.69, 9.17) is 23.7 Å². The van der Waals surface area contributed by atoms with Gasteiger partial charge in [-0.3, -0.25) is 0 Å². The van der Waals surface area contributed by atoms with E-state index in [1.165, 1.54) is 0 Å². The lowest BCUT2D eigenvalue weighted by Crippen LogP contribution is -2.57. The lowest BCUT2D eigenvalue weighted by atomic mass is 10.0. The molecule has 1 saturated heterocycles. The van der Waals surface area contributed by atoms with E-state index in [-0.39, 0.29) is 24.6 Å². The molecule has 108 valence electrons. The molecule has 1 heterocycles. The van der Waals surface area contributed by atoms with Crippen LogP contribution in [0.25, 0.3) is 0 Å². The molecule has 0 saturated carbocycles. The topological polar surface area (TPSA) is 46.2 Å². The van der Waals surface area contributed by atoms with Gasteiger partial charge in [-0.05, 0) is 27.7 Å². The molecule has 0 aromatic carbocycles. The molecule has 0 N–H and O–H groups in total. The molecule has 0 amide bonds. The summed E-state index contributed by atoms with van der Waals surface area (Å²) >= 11 is 0. The van der Waals surface area contributed by atoms with Gasteiger partial charge in [0.15, 0.2) is 6.29 Å². The van der Waals surface area contributed by atoms with E-state index in [2.05, 4.69) is 0 Å². The van der Waals surface area contributed by atoms with Gasteiger partial charge in [0.1, 0.15) is 18.3 Å². The zero-order valence-electron chi connectivity index (χ0n) is 11.9. The molecule has 4 unspecified atom stereocenters. The van der Waals surface area contributed by atoms with Gasteiger partial charge in [-0.25, -0.2) is 0 Å². The first-order valence-corrected chi connectivity index (χ1v) is 6.86. The predicted molar refractivity (Wildman–Crippen MR) is 67.6 cm³/mol. The third-order valence-electron chi connectivity index (χ3n) is 2.81. The Balaban J connectivity index is 2.72. The molecule has 18 heavy (non-hydrogen) atoms. The molecule has 0 spiro atoms. The van der Waals surface area contributed by atoms with Crippen LogP contribution in [0.4, 0.5) is 0 Å². The first-order valence-electron chi connectivity index (χ1n) is 6.86. The minimum absolute atomic E-state index is 0.0943. The molecule has 1 rings (SSSR count). The molecule has 0 aliphatic carbocycles. The molecule has 1 aliphatic rings. The quantitative estimate of drug-likeness (QED) is 0.665. The van der Waals surface area contributed by atoms with Crippen LogP contribution in [0.2, 0.25) is 0 Å². The summed E-state index contributed by atoms with van der Waals surface area (Å²) in [5.74, 6) is 0. The van der Waals surface area contributed by atoms with Crippen molar-refractivity contribution in [2.24, 2.45) is 0 Å². The Morgan fingerprint density at radius 3 is 1.89 bits per heavy atom. The Hall–Kier alpha value is -0.200. The summed E-state index contributed by atoms with van der Waals surface area (Å²) in [5.41, 5.74) is 0. The molecular weight excluding hydrogens is 236 g/mol. The first kappa shape index (κ1) is 15.9. The van der Waals surface area contributed by atoms with Crippen LogP contribution in [0.5, 0.6) is 0 Å². The first-order chi connectivity index (χ1) is 8.78. The van der Waals surface area contributed by atoms with Crippen LogP contribution in [-0.2, 0) is 23.7 Å². The summed E-state index contributed by atoms with van der Waals surface area (Å²) in [4.78, 5) is 0. The van der Waals surface area contributed by atoms with Crippen LogP contribution in [0.3, 0.4) is 0 Å². The van der Waals surface area contributed by atoms with Crippen molar-refractivity contribution in [1.29, 1.82) is 0 Å². The lowest BCUT2D eigenvalue weighted by Gasteiger charge is -2.41. The van der Waals surface area contributed by atoms with Crippen molar-refractivity contribution in [1.82, 2.24) is 0 Å². The number of ether oxygens (including phenoxy) is 5. The maximum Gasteiger partial charge on any atom is 0.186 e. The standard InChI is InChI=1S/C13H26O5/c1-5-14-10-9-18-13(17-8-4)12(16-7-3)11(10)15-6-2/h10-13H,5-9H2,1-4H3. The highest BCUT2D eigenvalue weighted by atomic mass is 16.7. The Bertz CT molecular complexity index is 190. The molecule has 0 bridgehead atoms. The van der Waals surface area contributed by atoms with E-state index in [0.29, 0.717) is 33.0 Å². The SMILES string of the molecule is CCOC1COC(OCC)C(OCC)C1OCC. The maximum absolute atomic E-state index is 5.78. The van der Waals surface area contributed by atoms with Crippen molar-refractivity contribution < 1.29 is 23.7 Å². The van der Waals surface area contributed by atoms with E-state index in [0.717, 1.165) is 0 Å². The largest absolute Gasteiger partial charge is 0.373 e. The highest BCUT2D eigenvalue weighted by Crippen LogP contribution is 2.24. The van der Waals surface area contributed by atoms with Gasteiger partial charge in [0.25, 0.3) is 0 Å². The van der Waals surface area contributed by atoms with Crippen LogP contribution in [-0.4, -0.2) is 57.6 Å². The van der Waals surface area contributed by atoms with Gasteiger partial charge in [0, 0.05) is 26.4 Å². The molecule has 1 aliphatic heterocycles. The number of hydrogen-bond acceptors (Lipinski definition) is 5. The van der Waals surface area contributed by atoms with Crippen molar-refractivity contribution in [2.45, 2.75) is 52.3 Å². The van der Waals surface area contributed by atoms with Crippen LogP contribution >= 0.6 is 0 Å². The fourth-order valence-electron chi connectivity index (χ4n) is 2.17. The Labute approximate surface area is 110 Å². The van der Waals surface area contributed by atoms with Gasteiger partial charge < -0.3 is 23.7 Å². The molecule has 0 aromatic rings. The summed E-state index contributed by atoms with van der Waals surface area (Å²) in [7, 11) is 0. The second-order valence-corrected chi connectivity index (χ2v) is 3.99. The molecular formula is C13H26O5. The van der Waals surface area contributed by atoms with Crippen LogP contribution in [0, 0.1) is 0 Å². The van der Waals surface area contributed by atoms with E-state index >= 15 is 0 Å². The number of hydrogen-bond donors (Lipinski definition) is 0. The molecule has 4 atom stereocenters. The molecule has 5 heteroatoms. The van der Waals surface area contributed by atoms with Gasteiger partial charge in [-0.1, -0.05) is 0 Å². The highest BCUT2D eigenvalue weighted by Gasteiger charge is 2.42. The minimum Gasteiger partial charge on any atom is -0.373 e. The van der Waals surface area contributed by atoms with Crippen molar-refractivity contribution in [2.75, 3.05) is 33.0 Å². The normalized spacial score (nSPS) is 32.7. The minimum atomic E-state index is -0.372. The van der Waals surface area contributed by atoms with Gasteiger partial charge in [0.2, 0.25) is 0 Å². The maximum atomic E-state index is 5.78. The van der Waals surface area contributed by atoms with Gasteiger partial charge in [-0.15, -0.1) is 0 Å². The van der Waals surface area contributed by atoms with E-state index in [1.54, 1.807) is 0 Å². The van der Waals surface area contributed by atoms with Crippen LogP contribution in [0.1, 0.15) is 27.7 Å². The summed E-state index contributed by atoms with van der Waals surface area (Å²) in [6.45, 7) is 10.8. The fourth-order valence-corrected chi connectivity index (χ4v) is 2.17. The number of rotatable bonds is 8. The van der Waals surface area contributed by atoms with Gasteiger partial charge in [-0.2, -0.15) is 0 Å². The van der Waals surface area contributed by atoms with Crippen molar-refractivity contribution >= 4 is 0 Å². The summed E-state index contributed by atoms with van der Waals surface area (Å²) < 4.78 is 28.4. The summed E-state index contributed by atoms with van der Waals surface area (Å²) in [6.07, 6.45) is -0.841. The Kier molecular flexibility index (Phi) is 7.77. The van der Waals surface area contributed by atoms with Crippen LogP contribution in [0.15, 0.2) is 0 Å². The van der Waals surface area contributed by atoms with Crippen LogP contribution < -0.4 is 0 Å². The Morgan fingerprint density at radius 2 is 1.33 bits per heavy atom. The third kappa shape index (κ3) is 4.17. The van der Waals surface area contributed by atoms with Crippen molar-refractivity contribution in [3.63, 3.8) is 0 Å². The second-order valence-electron chi connectivity index (χ2n) is 3.99. The Morgan fingerprint density at radius 1 is 0.778 bits per heavy atom. The average Bonchev–Trinajstić information content (AvgIpc) is 2.37. The lowest BCUT2D eigenvalue weighted by molar-refractivity contribution is -0.291. The second kappa shape index (κ2) is 8.82. The molecule has 0 aromatic heterocycles. The van der Waals surface area contributed by atoms with Gasteiger partial charge in [0.05, 0.1) is 6.61 Å². The van der Waals surface area contributed by atoms with E-state index < -0.39 is 0 Å². The average molecular weight is 262 g/mol. The van der Waals surface area contributed by atoms with Crippen molar-refractivity contribution in [3.8, 4) is 0 Å². The molecule has 5 nitrogen and oxygen atoms in total.